The first kappa shape index (κ1) is 12.5. The number of rotatable bonds is 3. The minimum absolute atomic E-state index is 0.00407. The molecule has 2 unspecified atom stereocenters. The number of hydrogen-bond acceptors (Lipinski definition) is 4. The molecule has 6 nitrogen and oxygen atoms in total. The van der Waals surface area contributed by atoms with Crippen molar-refractivity contribution in [3.63, 3.8) is 0 Å². The molecule has 7 heteroatoms. The predicted molar refractivity (Wildman–Crippen MR) is 69.8 cm³/mol. The zero-order valence-electron chi connectivity index (χ0n) is 10.5. The Morgan fingerprint density at radius 3 is 2.74 bits per heavy atom. The van der Waals surface area contributed by atoms with Crippen molar-refractivity contribution in [1.29, 1.82) is 0 Å². The molecule has 3 rings (SSSR count). The fourth-order valence-corrected chi connectivity index (χ4v) is 4.01. The third-order valence-corrected chi connectivity index (χ3v) is 4.97. The van der Waals surface area contributed by atoms with Crippen LogP contribution in [0, 0.1) is 5.92 Å². The van der Waals surface area contributed by atoms with Crippen LogP contribution in [0.15, 0.2) is 12.5 Å². The Labute approximate surface area is 114 Å². The zero-order chi connectivity index (χ0) is 13.6. The van der Waals surface area contributed by atoms with E-state index in [-0.39, 0.29) is 11.3 Å². The lowest BCUT2D eigenvalue weighted by Gasteiger charge is -2.26. The van der Waals surface area contributed by atoms with Crippen LogP contribution in [-0.2, 0) is 11.8 Å². The second-order valence-electron chi connectivity index (χ2n) is 5.05. The average Bonchev–Trinajstić information content (AvgIpc) is 2.96. The first-order valence-electron chi connectivity index (χ1n) is 6.23. The quantitative estimate of drug-likeness (QED) is 0.887. The smallest absolute Gasteiger partial charge is 0.327 e. The Morgan fingerprint density at radius 2 is 2.21 bits per heavy atom. The van der Waals surface area contributed by atoms with Gasteiger partial charge in [0.05, 0.1) is 11.7 Å². The number of carboxylic acid groups (broad SMARTS) is 1. The molecule has 19 heavy (non-hydrogen) atoms. The van der Waals surface area contributed by atoms with Crippen molar-refractivity contribution in [3.05, 3.63) is 18.2 Å². The van der Waals surface area contributed by atoms with E-state index in [1.54, 1.807) is 35.9 Å². The first-order valence-corrected chi connectivity index (χ1v) is 7.28. The molecule has 1 aromatic heterocycles. The van der Waals surface area contributed by atoms with Gasteiger partial charge in [-0.05, 0) is 18.8 Å². The van der Waals surface area contributed by atoms with E-state index in [4.69, 9.17) is 0 Å². The number of aromatic nitrogens is 2. The summed E-state index contributed by atoms with van der Waals surface area (Å²) in [5.41, 5.74) is 0.321. The Balaban J connectivity index is 1.88. The summed E-state index contributed by atoms with van der Waals surface area (Å²) in [6.07, 6.45) is 5.35. The molecule has 2 aliphatic rings. The van der Waals surface area contributed by atoms with Crippen molar-refractivity contribution >= 4 is 23.6 Å². The summed E-state index contributed by atoms with van der Waals surface area (Å²) in [7, 11) is 1.79. The molecule has 0 radical (unpaired) electrons. The molecule has 0 spiro atoms. The maximum absolute atomic E-state index is 12.5. The summed E-state index contributed by atoms with van der Waals surface area (Å²) in [6.45, 7) is 0. The summed E-state index contributed by atoms with van der Waals surface area (Å²) < 4.78 is 1.69. The summed E-state index contributed by atoms with van der Waals surface area (Å²) in [5.74, 6) is -0.286. The highest BCUT2D eigenvalue weighted by molar-refractivity contribution is 8.00. The average molecular weight is 281 g/mol. The summed E-state index contributed by atoms with van der Waals surface area (Å²) in [6, 6.07) is -0.731. The molecule has 1 aliphatic heterocycles. The van der Waals surface area contributed by atoms with E-state index in [0.29, 0.717) is 17.4 Å². The van der Waals surface area contributed by atoms with Gasteiger partial charge in [0.15, 0.2) is 0 Å². The van der Waals surface area contributed by atoms with Crippen LogP contribution < -0.4 is 0 Å². The Hall–Kier alpha value is -1.50. The monoisotopic (exact) mass is 281 g/mol. The second-order valence-corrected chi connectivity index (χ2v) is 6.20. The van der Waals surface area contributed by atoms with Crippen LogP contribution >= 0.6 is 11.8 Å². The molecule has 1 saturated carbocycles. The van der Waals surface area contributed by atoms with Gasteiger partial charge in [-0.25, -0.2) is 9.78 Å². The van der Waals surface area contributed by atoms with E-state index in [1.807, 2.05) is 0 Å². The fourth-order valence-electron chi connectivity index (χ4n) is 2.38. The maximum atomic E-state index is 12.5. The number of carbonyl (C=O) groups is 2. The lowest BCUT2D eigenvalue weighted by atomic mass is 10.2. The highest BCUT2D eigenvalue weighted by Gasteiger charge is 2.48. The number of amides is 1. The molecule has 102 valence electrons. The van der Waals surface area contributed by atoms with Crippen molar-refractivity contribution in [3.8, 4) is 0 Å². The van der Waals surface area contributed by atoms with Gasteiger partial charge in [0.25, 0.3) is 5.91 Å². The van der Waals surface area contributed by atoms with E-state index in [9.17, 15) is 14.7 Å². The van der Waals surface area contributed by atoms with E-state index >= 15 is 0 Å². The van der Waals surface area contributed by atoms with Crippen LogP contribution in [0.4, 0.5) is 0 Å². The Kier molecular flexibility index (Phi) is 3.00. The Bertz CT molecular complexity index is 526. The number of aryl methyl sites for hydroxylation is 1. The largest absolute Gasteiger partial charge is 0.480 e. The molecule has 1 amide bonds. The lowest BCUT2D eigenvalue weighted by Crippen LogP contribution is -2.46. The van der Waals surface area contributed by atoms with Crippen molar-refractivity contribution in [2.24, 2.45) is 13.0 Å². The molecule has 2 heterocycles. The minimum atomic E-state index is -0.931. The number of carboxylic acids is 1. The van der Waals surface area contributed by atoms with Gasteiger partial charge in [-0.1, -0.05) is 0 Å². The number of imidazole rings is 1. The topological polar surface area (TPSA) is 75.4 Å². The molecule has 1 aliphatic carbocycles. The predicted octanol–water partition coefficient (Wildman–Crippen LogP) is 0.798. The van der Waals surface area contributed by atoms with Gasteiger partial charge in [0.1, 0.15) is 11.7 Å². The van der Waals surface area contributed by atoms with Crippen molar-refractivity contribution in [1.82, 2.24) is 14.5 Å². The molecule has 1 saturated heterocycles. The number of thioether (sulfide) groups is 1. The van der Waals surface area contributed by atoms with E-state index in [2.05, 4.69) is 4.98 Å². The van der Waals surface area contributed by atoms with Gasteiger partial charge in [-0.3, -0.25) is 4.79 Å². The van der Waals surface area contributed by atoms with Crippen LogP contribution in [0.1, 0.15) is 23.3 Å². The van der Waals surface area contributed by atoms with E-state index < -0.39 is 12.0 Å². The Morgan fingerprint density at radius 1 is 1.47 bits per heavy atom. The number of carbonyl (C=O) groups excluding carboxylic acids is 1. The van der Waals surface area contributed by atoms with Gasteiger partial charge in [-0.15, -0.1) is 11.8 Å². The van der Waals surface area contributed by atoms with Crippen LogP contribution in [0.2, 0.25) is 0 Å². The summed E-state index contributed by atoms with van der Waals surface area (Å²) in [4.78, 5) is 29.4. The summed E-state index contributed by atoms with van der Waals surface area (Å²) in [5, 5.41) is 9.27. The first-order chi connectivity index (χ1) is 9.08. The minimum Gasteiger partial charge on any atom is -0.480 e. The van der Waals surface area contributed by atoms with Crippen LogP contribution in [0.3, 0.4) is 0 Å². The molecular weight excluding hydrogens is 266 g/mol. The fraction of sp³-hybridized carbons (Fsp3) is 0.583. The third kappa shape index (κ3) is 2.22. The number of hydrogen-bond donors (Lipinski definition) is 1. The van der Waals surface area contributed by atoms with Gasteiger partial charge in [-0.2, -0.15) is 0 Å². The molecular formula is C12H15N3O3S. The van der Waals surface area contributed by atoms with E-state index in [1.165, 1.54) is 4.90 Å². The molecule has 2 atom stereocenters. The molecule has 1 aromatic rings. The van der Waals surface area contributed by atoms with Crippen molar-refractivity contribution in [2.75, 3.05) is 5.75 Å². The number of nitrogens with zero attached hydrogens (tertiary/aromatic N) is 3. The number of aliphatic carboxylic acids is 1. The zero-order valence-corrected chi connectivity index (χ0v) is 11.3. The highest BCUT2D eigenvalue weighted by Crippen LogP contribution is 2.45. The molecule has 2 fully saturated rings. The standard InChI is InChI=1S/C12H15N3O3S/c1-14-4-8(13-6-14)10(16)15-9(12(17)18)5-19-11(15)7-2-3-7/h4,6-7,9,11H,2-3,5H2,1H3,(H,17,18). The van der Waals surface area contributed by atoms with Gasteiger partial charge in [0.2, 0.25) is 0 Å². The maximum Gasteiger partial charge on any atom is 0.327 e. The van der Waals surface area contributed by atoms with Crippen LogP contribution in [0.5, 0.6) is 0 Å². The third-order valence-electron chi connectivity index (χ3n) is 3.50. The molecule has 0 bridgehead atoms. The van der Waals surface area contributed by atoms with Gasteiger partial charge < -0.3 is 14.6 Å². The molecule has 0 aromatic carbocycles. The summed E-state index contributed by atoms with van der Waals surface area (Å²) >= 11 is 1.58. The normalized spacial score (nSPS) is 26.7. The SMILES string of the molecule is Cn1cnc(C(=O)N2C(C(=O)O)CSC2C2CC2)c1. The molecule has 1 N–H and O–H groups in total. The highest BCUT2D eigenvalue weighted by atomic mass is 32.2. The second kappa shape index (κ2) is 4.56. The van der Waals surface area contributed by atoms with Crippen molar-refractivity contribution in [2.45, 2.75) is 24.3 Å². The lowest BCUT2D eigenvalue weighted by molar-refractivity contribution is -0.141. The van der Waals surface area contributed by atoms with Gasteiger partial charge >= 0.3 is 5.97 Å². The van der Waals surface area contributed by atoms with Crippen LogP contribution in [0.25, 0.3) is 0 Å². The van der Waals surface area contributed by atoms with E-state index in [0.717, 1.165) is 12.8 Å². The van der Waals surface area contributed by atoms with Gasteiger partial charge in [0, 0.05) is 19.0 Å². The van der Waals surface area contributed by atoms with Crippen LogP contribution in [-0.4, -0.2) is 48.6 Å². The van der Waals surface area contributed by atoms with Crippen molar-refractivity contribution < 1.29 is 14.7 Å².